The summed E-state index contributed by atoms with van der Waals surface area (Å²) in [5.74, 6) is -0.443. The van der Waals surface area contributed by atoms with Gasteiger partial charge >= 0.3 is 5.97 Å². The Balaban J connectivity index is 1.58. The number of carbonyl (C=O) groups excluding carboxylic acids is 1. The molecule has 1 saturated heterocycles. The molecule has 114 valence electrons. The van der Waals surface area contributed by atoms with Gasteiger partial charge in [0, 0.05) is 25.4 Å². The third kappa shape index (κ3) is 4.73. The van der Waals surface area contributed by atoms with Gasteiger partial charge in [-0.15, -0.1) is 0 Å². The molecule has 6 heteroatoms. The number of rotatable bonds is 7. The van der Waals surface area contributed by atoms with Crippen LogP contribution in [0.2, 0.25) is 0 Å². The monoisotopic (exact) mass is 295 g/mol. The molecule has 2 rings (SSSR count). The van der Waals surface area contributed by atoms with Crippen LogP contribution in [0.3, 0.4) is 0 Å². The van der Waals surface area contributed by atoms with Crippen molar-refractivity contribution in [3.05, 3.63) is 30.1 Å². The van der Waals surface area contributed by atoms with Gasteiger partial charge in [0.1, 0.15) is 11.6 Å². The van der Waals surface area contributed by atoms with E-state index in [2.05, 4.69) is 0 Å². The summed E-state index contributed by atoms with van der Waals surface area (Å²) < 4.78 is 18.1. The molecule has 1 aliphatic heterocycles. The summed E-state index contributed by atoms with van der Waals surface area (Å²) in [6.45, 7) is 1.46. The molecule has 1 aliphatic rings. The average Bonchev–Trinajstić information content (AvgIpc) is 2.40. The van der Waals surface area contributed by atoms with Crippen molar-refractivity contribution in [2.45, 2.75) is 19.3 Å². The van der Waals surface area contributed by atoms with E-state index in [4.69, 9.17) is 9.84 Å². The smallest absolute Gasteiger partial charge is 0.303 e. The van der Waals surface area contributed by atoms with Crippen LogP contribution < -0.4 is 4.74 Å². The first kappa shape index (κ1) is 15.3. The van der Waals surface area contributed by atoms with E-state index in [1.807, 2.05) is 0 Å². The van der Waals surface area contributed by atoms with E-state index >= 15 is 0 Å². The molecule has 1 aromatic rings. The van der Waals surface area contributed by atoms with Gasteiger partial charge in [0.25, 0.3) is 0 Å². The second-order valence-electron chi connectivity index (χ2n) is 5.17. The Kier molecular flexibility index (Phi) is 5.14. The van der Waals surface area contributed by atoms with Gasteiger partial charge in [-0.3, -0.25) is 9.59 Å². The molecule has 5 nitrogen and oxygen atoms in total. The van der Waals surface area contributed by atoms with Crippen LogP contribution in [0.5, 0.6) is 5.75 Å². The van der Waals surface area contributed by atoms with Crippen molar-refractivity contribution in [2.75, 3.05) is 19.7 Å². The third-order valence-electron chi connectivity index (χ3n) is 3.39. The number of carbonyl (C=O) groups is 2. The lowest BCUT2D eigenvalue weighted by molar-refractivity contribution is -0.145. The first-order valence-electron chi connectivity index (χ1n) is 6.92. The molecular weight excluding hydrogens is 277 g/mol. The maximum absolute atomic E-state index is 12.7. The summed E-state index contributed by atoms with van der Waals surface area (Å²) >= 11 is 0. The van der Waals surface area contributed by atoms with Gasteiger partial charge in [-0.25, -0.2) is 4.39 Å². The Bertz CT molecular complexity index is 497. The zero-order valence-electron chi connectivity index (χ0n) is 11.6. The maximum Gasteiger partial charge on any atom is 0.303 e. The number of halogens is 1. The summed E-state index contributed by atoms with van der Waals surface area (Å²) in [5.41, 5.74) is 0. The van der Waals surface area contributed by atoms with Crippen molar-refractivity contribution in [3.8, 4) is 5.75 Å². The number of carboxylic acid groups (broad SMARTS) is 1. The fourth-order valence-corrected chi connectivity index (χ4v) is 2.25. The van der Waals surface area contributed by atoms with Crippen LogP contribution >= 0.6 is 0 Å². The summed E-state index contributed by atoms with van der Waals surface area (Å²) in [4.78, 5) is 24.0. The maximum atomic E-state index is 12.7. The summed E-state index contributed by atoms with van der Waals surface area (Å²) in [7, 11) is 0. The Morgan fingerprint density at radius 1 is 1.29 bits per heavy atom. The second-order valence-corrected chi connectivity index (χ2v) is 5.17. The van der Waals surface area contributed by atoms with Crippen molar-refractivity contribution >= 4 is 11.9 Å². The highest BCUT2D eigenvalue weighted by atomic mass is 19.1. The highest BCUT2D eigenvalue weighted by Crippen LogP contribution is 2.20. The van der Waals surface area contributed by atoms with E-state index < -0.39 is 5.97 Å². The molecule has 1 aromatic carbocycles. The molecule has 0 aromatic heterocycles. The Hall–Kier alpha value is -2.11. The topological polar surface area (TPSA) is 66.8 Å². The predicted molar refractivity (Wildman–Crippen MR) is 73.5 cm³/mol. The van der Waals surface area contributed by atoms with Crippen LogP contribution in [-0.4, -0.2) is 41.6 Å². The summed E-state index contributed by atoms with van der Waals surface area (Å²) in [5, 5.41) is 8.63. The number of likely N-dealkylation sites (tertiary alicyclic amines) is 1. The van der Waals surface area contributed by atoms with E-state index in [9.17, 15) is 14.0 Å². The second kappa shape index (κ2) is 7.06. The van der Waals surface area contributed by atoms with E-state index in [0.29, 0.717) is 38.3 Å². The van der Waals surface area contributed by atoms with Crippen LogP contribution in [-0.2, 0) is 9.59 Å². The first-order chi connectivity index (χ1) is 10.0. The molecule has 1 N–H and O–H groups in total. The Morgan fingerprint density at radius 3 is 2.57 bits per heavy atom. The number of nitrogens with zero attached hydrogens (tertiary/aromatic N) is 1. The Labute approximate surface area is 122 Å². The molecule has 1 amide bonds. The van der Waals surface area contributed by atoms with E-state index in [-0.39, 0.29) is 24.1 Å². The van der Waals surface area contributed by atoms with Gasteiger partial charge in [0.05, 0.1) is 13.0 Å². The van der Waals surface area contributed by atoms with E-state index in [1.165, 1.54) is 12.1 Å². The normalized spacial score (nSPS) is 14.6. The van der Waals surface area contributed by atoms with Gasteiger partial charge in [-0.1, -0.05) is 0 Å². The summed E-state index contributed by atoms with van der Waals surface area (Å²) in [6.07, 6.45) is 1.08. The fraction of sp³-hybridized carbons (Fsp3) is 0.467. The van der Waals surface area contributed by atoms with Crippen LogP contribution in [0.25, 0.3) is 0 Å². The lowest BCUT2D eigenvalue weighted by atomic mass is 9.96. The zero-order chi connectivity index (χ0) is 15.2. The minimum absolute atomic E-state index is 0.0272. The molecule has 1 fully saturated rings. The molecule has 0 atom stereocenters. The largest absolute Gasteiger partial charge is 0.494 e. The first-order valence-corrected chi connectivity index (χ1v) is 6.92. The highest BCUT2D eigenvalue weighted by molar-refractivity contribution is 5.77. The number of hydrogen-bond donors (Lipinski definition) is 1. The molecule has 0 aliphatic carbocycles. The van der Waals surface area contributed by atoms with Crippen LogP contribution in [0.15, 0.2) is 24.3 Å². The number of amides is 1. The minimum atomic E-state index is -0.820. The van der Waals surface area contributed by atoms with Gasteiger partial charge in [-0.05, 0) is 30.7 Å². The Morgan fingerprint density at radius 2 is 1.95 bits per heavy atom. The van der Waals surface area contributed by atoms with Crippen molar-refractivity contribution in [2.24, 2.45) is 5.92 Å². The van der Waals surface area contributed by atoms with Crippen LogP contribution in [0.1, 0.15) is 19.3 Å². The van der Waals surface area contributed by atoms with Crippen molar-refractivity contribution in [3.63, 3.8) is 0 Å². The van der Waals surface area contributed by atoms with E-state index in [1.54, 1.807) is 17.0 Å². The van der Waals surface area contributed by atoms with Crippen LogP contribution in [0.4, 0.5) is 4.39 Å². The number of ether oxygens (including phenoxy) is 1. The molecule has 1 heterocycles. The number of carboxylic acids is 1. The molecule has 0 saturated carbocycles. The number of aliphatic carboxylic acids is 1. The predicted octanol–water partition coefficient (Wildman–Crippen LogP) is 1.92. The lowest BCUT2D eigenvalue weighted by Crippen LogP contribution is -2.50. The molecule has 0 unspecified atom stereocenters. The van der Waals surface area contributed by atoms with Gasteiger partial charge < -0.3 is 14.7 Å². The van der Waals surface area contributed by atoms with Gasteiger partial charge in [0.15, 0.2) is 0 Å². The van der Waals surface area contributed by atoms with Crippen molar-refractivity contribution < 1.29 is 23.8 Å². The van der Waals surface area contributed by atoms with Gasteiger partial charge in [0.2, 0.25) is 5.91 Å². The lowest BCUT2D eigenvalue weighted by Gasteiger charge is -2.38. The number of benzene rings is 1. The molecule has 0 radical (unpaired) electrons. The van der Waals surface area contributed by atoms with E-state index in [0.717, 1.165) is 0 Å². The van der Waals surface area contributed by atoms with Crippen molar-refractivity contribution in [1.29, 1.82) is 0 Å². The molecular formula is C15H18FNO4. The zero-order valence-corrected chi connectivity index (χ0v) is 11.6. The summed E-state index contributed by atoms with van der Waals surface area (Å²) in [6, 6.07) is 5.73. The standard InChI is InChI=1S/C15H18FNO4/c16-12-3-5-13(6-4-12)21-7-1-2-14(18)17-9-11(10-17)8-15(19)20/h3-6,11H,1-2,7-10H2,(H,19,20). The van der Waals surface area contributed by atoms with Gasteiger partial charge in [-0.2, -0.15) is 0 Å². The quantitative estimate of drug-likeness (QED) is 0.780. The SMILES string of the molecule is O=C(O)CC1CN(C(=O)CCCOc2ccc(F)cc2)C1. The molecule has 0 spiro atoms. The highest BCUT2D eigenvalue weighted by Gasteiger charge is 2.31. The molecule has 21 heavy (non-hydrogen) atoms. The fourth-order valence-electron chi connectivity index (χ4n) is 2.25. The molecule has 0 bridgehead atoms. The minimum Gasteiger partial charge on any atom is -0.494 e. The average molecular weight is 295 g/mol. The van der Waals surface area contributed by atoms with Crippen molar-refractivity contribution in [1.82, 2.24) is 4.90 Å². The third-order valence-corrected chi connectivity index (χ3v) is 3.39. The number of hydrogen-bond acceptors (Lipinski definition) is 3. The van der Waals surface area contributed by atoms with Crippen LogP contribution in [0, 0.1) is 11.7 Å².